The number of carbonyl (C=O) groups is 3. The summed E-state index contributed by atoms with van der Waals surface area (Å²) < 4.78 is 14.0. The van der Waals surface area contributed by atoms with Crippen LogP contribution in [0, 0.1) is 5.92 Å². The van der Waals surface area contributed by atoms with E-state index in [0.717, 1.165) is 0 Å². The predicted molar refractivity (Wildman–Crippen MR) is 64.0 cm³/mol. The molecule has 0 bridgehead atoms. The van der Waals surface area contributed by atoms with Gasteiger partial charge in [0.15, 0.2) is 6.10 Å². The molecule has 0 spiro atoms. The van der Waals surface area contributed by atoms with Gasteiger partial charge >= 0.3 is 17.9 Å². The largest absolute Gasteiger partial charge is 0.466 e. The van der Waals surface area contributed by atoms with Crippen molar-refractivity contribution >= 4 is 17.9 Å². The minimum absolute atomic E-state index is 0.0604. The van der Waals surface area contributed by atoms with Gasteiger partial charge in [-0.25, -0.2) is 4.79 Å². The molecule has 0 aromatic rings. The molecule has 0 aliphatic heterocycles. The van der Waals surface area contributed by atoms with Crippen molar-refractivity contribution in [2.24, 2.45) is 5.92 Å². The van der Waals surface area contributed by atoms with E-state index in [2.05, 4.69) is 9.47 Å². The molecule has 7 heteroatoms. The molecular weight excluding hydrogens is 256 g/mol. The maximum atomic E-state index is 11.6. The molecule has 0 aliphatic carbocycles. The van der Waals surface area contributed by atoms with E-state index in [4.69, 9.17) is 4.74 Å². The second kappa shape index (κ2) is 9.32. The van der Waals surface area contributed by atoms with Crippen molar-refractivity contribution < 1.29 is 33.7 Å². The molecule has 0 saturated heterocycles. The maximum Gasteiger partial charge on any atom is 0.335 e. The highest BCUT2D eigenvalue weighted by Crippen LogP contribution is 2.14. The summed E-state index contributed by atoms with van der Waals surface area (Å²) in [7, 11) is 0. The Morgan fingerprint density at radius 3 is 1.84 bits per heavy atom. The zero-order valence-corrected chi connectivity index (χ0v) is 11.4. The third kappa shape index (κ3) is 6.19. The summed E-state index contributed by atoms with van der Waals surface area (Å²) in [5, 5.41) is 9.74. The maximum absolute atomic E-state index is 11.6. The first-order valence-corrected chi connectivity index (χ1v) is 6.14. The average molecular weight is 276 g/mol. The van der Waals surface area contributed by atoms with Gasteiger partial charge in [-0.15, -0.1) is 0 Å². The fourth-order valence-corrected chi connectivity index (χ4v) is 1.36. The van der Waals surface area contributed by atoms with Crippen LogP contribution in [0.4, 0.5) is 0 Å². The van der Waals surface area contributed by atoms with Gasteiger partial charge in [0.25, 0.3) is 0 Å². The first-order valence-electron chi connectivity index (χ1n) is 6.14. The molecule has 2 atom stereocenters. The molecule has 0 fully saturated rings. The van der Waals surface area contributed by atoms with Crippen LogP contribution in [0.5, 0.6) is 0 Å². The Kier molecular flexibility index (Phi) is 8.52. The summed E-state index contributed by atoms with van der Waals surface area (Å²) in [4.78, 5) is 34.4. The molecule has 0 amide bonds. The van der Waals surface area contributed by atoms with E-state index in [0.29, 0.717) is 0 Å². The van der Waals surface area contributed by atoms with Crippen LogP contribution in [-0.2, 0) is 28.6 Å². The summed E-state index contributed by atoms with van der Waals surface area (Å²) in [5.74, 6) is -3.82. The van der Waals surface area contributed by atoms with E-state index < -0.39 is 36.4 Å². The van der Waals surface area contributed by atoms with E-state index in [1.807, 2.05) is 0 Å². The Labute approximate surface area is 111 Å². The number of aliphatic hydroxyl groups excluding tert-OH is 1. The minimum Gasteiger partial charge on any atom is -0.466 e. The Bertz CT molecular complexity index is 313. The second-order valence-corrected chi connectivity index (χ2v) is 3.56. The van der Waals surface area contributed by atoms with Crippen LogP contribution in [0.2, 0.25) is 0 Å². The van der Waals surface area contributed by atoms with Gasteiger partial charge < -0.3 is 19.3 Å². The zero-order valence-electron chi connectivity index (χ0n) is 11.4. The summed E-state index contributed by atoms with van der Waals surface area (Å²) in [6.07, 6.45) is -2.18. The summed E-state index contributed by atoms with van der Waals surface area (Å²) in [6.45, 7) is 5.03. The molecule has 1 N–H and O–H groups in total. The topological polar surface area (TPSA) is 99.1 Å². The van der Waals surface area contributed by atoms with Crippen molar-refractivity contribution in [3.63, 3.8) is 0 Å². The van der Waals surface area contributed by atoms with Crippen LogP contribution in [0.25, 0.3) is 0 Å². The lowest BCUT2D eigenvalue weighted by molar-refractivity contribution is -0.169. The monoisotopic (exact) mass is 276 g/mol. The van der Waals surface area contributed by atoms with E-state index in [1.165, 1.54) is 0 Å². The Balaban J connectivity index is 4.79. The van der Waals surface area contributed by atoms with Crippen LogP contribution >= 0.6 is 0 Å². The molecule has 0 aliphatic rings. The highest BCUT2D eigenvalue weighted by molar-refractivity contribution is 5.87. The normalized spacial score (nSPS) is 13.3. The Hall–Kier alpha value is -1.63. The van der Waals surface area contributed by atoms with Crippen molar-refractivity contribution in [3.8, 4) is 0 Å². The van der Waals surface area contributed by atoms with E-state index in [9.17, 15) is 19.5 Å². The van der Waals surface area contributed by atoms with Crippen molar-refractivity contribution in [2.45, 2.75) is 33.3 Å². The minimum atomic E-state index is -1.75. The van der Waals surface area contributed by atoms with Crippen LogP contribution in [0.1, 0.15) is 27.2 Å². The van der Waals surface area contributed by atoms with Crippen LogP contribution in [-0.4, -0.2) is 48.9 Å². The molecular formula is C12H20O7. The Morgan fingerprint density at radius 1 is 0.895 bits per heavy atom. The van der Waals surface area contributed by atoms with Crippen molar-refractivity contribution in [1.82, 2.24) is 0 Å². The Morgan fingerprint density at radius 2 is 1.37 bits per heavy atom. The number of rotatable bonds is 8. The highest BCUT2D eigenvalue weighted by atomic mass is 16.6. The standard InChI is InChI=1S/C12H20O7/c1-4-17-9(13)7-8(11(15)18-5-2)10(14)12(16)19-6-3/h8,10,14H,4-7H2,1-3H3. The number of esters is 3. The van der Waals surface area contributed by atoms with Crippen molar-refractivity contribution in [2.75, 3.05) is 19.8 Å². The summed E-state index contributed by atoms with van der Waals surface area (Å²) in [6, 6.07) is 0. The van der Waals surface area contributed by atoms with Gasteiger partial charge in [-0.1, -0.05) is 0 Å². The van der Waals surface area contributed by atoms with Gasteiger partial charge in [-0.05, 0) is 20.8 Å². The third-order valence-corrected chi connectivity index (χ3v) is 2.19. The average Bonchev–Trinajstić information content (AvgIpc) is 2.36. The number of ether oxygens (including phenoxy) is 3. The number of hydrogen-bond donors (Lipinski definition) is 1. The predicted octanol–water partition coefficient (Wildman–Crippen LogP) is 0.0429. The molecule has 0 aromatic carbocycles. The molecule has 7 nitrogen and oxygen atoms in total. The quantitative estimate of drug-likeness (QED) is 0.493. The van der Waals surface area contributed by atoms with Gasteiger partial charge in [0, 0.05) is 0 Å². The number of carbonyl (C=O) groups excluding carboxylic acids is 3. The molecule has 19 heavy (non-hydrogen) atoms. The molecule has 0 radical (unpaired) electrons. The van der Waals surface area contributed by atoms with Crippen molar-refractivity contribution in [1.29, 1.82) is 0 Å². The SMILES string of the molecule is CCOC(=O)CC(C(=O)OCC)C(O)C(=O)OCC. The fourth-order valence-electron chi connectivity index (χ4n) is 1.36. The van der Waals surface area contributed by atoms with Gasteiger partial charge in [0.2, 0.25) is 0 Å². The lowest BCUT2D eigenvalue weighted by Crippen LogP contribution is -2.38. The van der Waals surface area contributed by atoms with E-state index >= 15 is 0 Å². The number of hydrogen-bond acceptors (Lipinski definition) is 7. The second-order valence-electron chi connectivity index (χ2n) is 3.56. The molecule has 110 valence electrons. The smallest absolute Gasteiger partial charge is 0.335 e. The first-order chi connectivity index (χ1) is 8.97. The fraction of sp³-hybridized carbons (Fsp3) is 0.750. The first kappa shape index (κ1) is 17.4. The highest BCUT2D eigenvalue weighted by Gasteiger charge is 2.36. The van der Waals surface area contributed by atoms with E-state index in [1.54, 1.807) is 20.8 Å². The molecule has 0 heterocycles. The van der Waals surface area contributed by atoms with Crippen molar-refractivity contribution in [3.05, 3.63) is 0 Å². The third-order valence-electron chi connectivity index (χ3n) is 2.19. The molecule has 0 saturated carbocycles. The summed E-state index contributed by atoms with van der Waals surface area (Å²) >= 11 is 0. The van der Waals surface area contributed by atoms with Gasteiger partial charge in [-0.2, -0.15) is 0 Å². The van der Waals surface area contributed by atoms with Gasteiger partial charge in [0.05, 0.1) is 26.2 Å². The number of aliphatic hydroxyl groups is 1. The van der Waals surface area contributed by atoms with Gasteiger partial charge in [0.1, 0.15) is 5.92 Å². The van der Waals surface area contributed by atoms with Gasteiger partial charge in [-0.3, -0.25) is 9.59 Å². The molecule has 0 rings (SSSR count). The molecule has 2 unspecified atom stereocenters. The molecule has 0 aromatic heterocycles. The van der Waals surface area contributed by atoms with Crippen LogP contribution < -0.4 is 0 Å². The van der Waals surface area contributed by atoms with Crippen LogP contribution in [0.3, 0.4) is 0 Å². The van der Waals surface area contributed by atoms with Crippen LogP contribution in [0.15, 0.2) is 0 Å². The lowest BCUT2D eigenvalue weighted by Gasteiger charge is -2.19. The summed E-state index contributed by atoms with van der Waals surface area (Å²) in [5.41, 5.74) is 0. The zero-order chi connectivity index (χ0) is 14.8. The van der Waals surface area contributed by atoms with E-state index in [-0.39, 0.29) is 19.8 Å². The lowest BCUT2D eigenvalue weighted by atomic mass is 9.98.